The molecule has 1 N–H and O–H groups in total. The zero-order valence-corrected chi connectivity index (χ0v) is 9.35. The van der Waals surface area contributed by atoms with E-state index in [9.17, 15) is 4.79 Å². The lowest BCUT2D eigenvalue weighted by Gasteiger charge is -2.16. The average Bonchev–Trinajstić information content (AvgIpc) is 2.81. The third-order valence-corrected chi connectivity index (χ3v) is 3.20. The molecule has 0 aromatic heterocycles. The van der Waals surface area contributed by atoms with Gasteiger partial charge in [0, 0.05) is 12.5 Å². The normalized spacial score (nSPS) is 21.9. The van der Waals surface area contributed by atoms with Gasteiger partial charge in [-0.25, -0.2) is 0 Å². The van der Waals surface area contributed by atoms with Crippen LogP contribution in [0.3, 0.4) is 0 Å². The van der Waals surface area contributed by atoms with Crippen LogP contribution >= 0.6 is 0 Å². The van der Waals surface area contributed by atoms with E-state index in [2.05, 4.69) is 0 Å². The number of hydrogen-bond acceptors (Lipinski definition) is 2. The van der Waals surface area contributed by atoms with Gasteiger partial charge in [0.2, 0.25) is 0 Å². The van der Waals surface area contributed by atoms with Crippen LogP contribution in [-0.4, -0.2) is 24.3 Å². The SMILES string of the molecule is CC(C(=O)O)c1ccccc1C1CCOC1. The van der Waals surface area contributed by atoms with Gasteiger partial charge in [0.15, 0.2) is 0 Å². The highest BCUT2D eigenvalue weighted by Gasteiger charge is 2.24. The van der Waals surface area contributed by atoms with Crippen molar-refractivity contribution in [2.24, 2.45) is 0 Å². The number of rotatable bonds is 3. The molecule has 86 valence electrons. The Morgan fingerprint density at radius 3 is 2.88 bits per heavy atom. The second kappa shape index (κ2) is 4.66. The van der Waals surface area contributed by atoms with Crippen LogP contribution in [0.25, 0.3) is 0 Å². The first-order valence-corrected chi connectivity index (χ1v) is 5.59. The first kappa shape index (κ1) is 11.1. The molecule has 0 saturated carbocycles. The highest BCUT2D eigenvalue weighted by atomic mass is 16.5. The van der Waals surface area contributed by atoms with Crippen molar-refractivity contribution in [3.63, 3.8) is 0 Å². The van der Waals surface area contributed by atoms with Crippen LogP contribution in [0.4, 0.5) is 0 Å². The zero-order valence-electron chi connectivity index (χ0n) is 9.35. The topological polar surface area (TPSA) is 46.5 Å². The predicted molar refractivity (Wildman–Crippen MR) is 60.7 cm³/mol. The maximum Gasteiger partial charge on any atom is 0.310 e. The van der Waals surface area contributed by atoms with E-state index in [1.165, 1.54) is 0 Å². The summed E-state index contributed by atoms with van der Waals surface area (Å²) >= 11 is 0. The molecule has 0 aliphatic carbocycles. The molecule has 1 heterocycles. The number of carbonyl (C=O) groups is 1. The molecule has 1 aliphatic heterocycles. The molecule has 16 heavy (non-hydrogen) atoms. The Bertz CT molecular complexity index is 381. The van der Waals surface area contributed by atoms with Crippen molar-refractivity contribution in [2.45, 2.75) is 25.2 Å². The van der Waals surface area contributed by atoms with E-state index >= 15 is 0 Å². The molecule has 2 rings (SSSR count). The quantitative estimate of drug-likeness (QED) is 0.850. The standard InChI is InChI=1S/C13H16O3/c1-9(13(14)15)11-4-2-3-5-12(11)10-6-7-16-8-10/h2-5,9-10H,6-8H2,1H3,(H,14,15). The van der Waals surface area contributed by atoms with Crippen LogP contribution in [-0.2, 0) is 9.53 Å². The van der Waals surface area contributed by atoms with E-state index in [1.54, 1.807) is 6.92 Å². The van der Waals surface area contributed by atoms with Gasteiger partial charge in [-0.2, -0.15) is 0 Å². The second-order valence-corrected chi connectivity index (χ2v) is 4.25. The molecule has 1 saturated heterocycles. The number of carboxylic acid groups (broad SMARTS) is 1. The summed E-state index contributed by atoms with van der Waals surface area (Å²) < 4.78 is 5.36. The number of benzene rings is 1. The molecule has 0 spiro atoms. The highest BCUT2D eigenvalue weighted by molar-refractivity contribution is 5.76. The molecule has 2 unspecified atom stereocenters. The van der Waals surface area contributed by atoms with Gasteiger partial charge in [-0.05, 0) is 24.5 Å². The lowest BCUT2D eigenvalue weighted by atomic mass is 9.88. The summed E-state index contributed by atoms with van der Waals surface area (Å²) in [5.74, 6) is -0.860. The van der Waals surface area contributed by atoms with E-state index in [4.69, 9.17) is 9.84 Å². The molecule has 2 atom stereocenters. The third-order valence-electron chi connectivity index (χ3n) is 3.20. The number of hydrogen-bond donors (Lipinski definition) is 1. The van der Waals surface area contributed by atoms with E-state index in [0.29, 0.717) is 12.5 Å². The van der Waals surface area contributed by atoms with Crippen LogP contribution in [0.15, 0.2) is 24.3 Å². The average molecular weight is 220 g/mol. The Labute approximate surface area is 95.0 Å². The van der Waals surface area contributed by atoms with Crippen LogP contribution in [0.1, 0.15) is 36.3 Å². The smallest absolute Gasteiger partial charge is 0.310 e. The molecule has 0 radical (unpaired) electrons. The molecule has 3 nitrogen and oxygen atoms in total. The van der Waals surface area contributed by atoms with Crippen molar-refractivity contribution < 1.29 is 14.6 Å². The van der Waals surface area contributed by atoms with Gasteiger partial charge in [0.1, 0.15) is 0 Å². The van der Waals surface area contributed by atoms with E-state index in [-0.39, 0.29) is 0 Å². The zero-order chi connectivity index (χ0) is 11.5. The lowest BCUT2D eigenvalue weighted by Crippen LogP contribution is -2.12. The molecule has 3 heteroatoms. The number of ether oxygens (including phenoxy) is 1. The van der Waals surface area contributed by atoms with Crippen molar-refractivity contribution in [3.05, 3.63) is 35.4 Å². The van der Waals surface area contributed by atoms with E-state index in [1.807, 2.05) is 24.3 Å². The summed E-state index contributed by atoms with van der Waals surface area (Å²) in [6.45, 7) is 3.22. The van der Waals surface area contributed by atoms with Gasteiger partial charge in [-0.15, -0.1) is 0 Å². The summed E-state index contributed by atoms with van der Waals surface area (Å²) in [5.41, 5.74) is 2.06. The van der Waals surface area contributed by atoms with Gasteiger partial charge in [-0.3, -0.25) is 4.79 Å². The van der Waals surface area contributed by atoms with Crippen molar-refractivity contribution in [1.29, 1.82) is 0 Å². The highest BCUT2D eigenvalue weighted by Crippen LogP contribution is 2.31. The van der Waals surface area contributed by atoms with Gasteiger partial charge in [0.25, 0.3) is 0 Å². The van der Waals surface area contributed by atoms with Crippen molar-refractivity contribution in [1.82, 2.24) is 0 Å². The molecular formula is C13H16O3. The van der Waals surface area contributed by atoms with Gasteiger partial charge in [-0.1, -0.05) is 24.3 Å². The van der Waals surface area contributed by atoms with Gasteiger partial charge >= 0.3 is 5.97 Å². The summed E-state index contributed by atoms with van der Waals surface area (Å²) in [6.07, 6.45) is 0.989. The Morgan fingerprint density at radius 1 is 1.50 bits per heavy atom. The lowest BCUT2D eigenvalue weighted by molar-refractivity contribution is -0.138. The van der Waals surface area contributed by atoms with Crippen LogP contribution in [0, 0.1) is 0 Å². The summed E-state index contributed by atoms with van der Waals surface area (Å²) in [5, 5.41) is 9.07. The van der Waals surface area contributed by atoms with E-state index < -0.39 is 11.9 Å². The fourth-order valence-electron chi connectivity index (χ4n) is 2.19. The fourth-order valence-corrected chi connectivity index (χ4v) is 2.19. The summed E-state index contributed by atoms with van der Waals surface area (Å²) in [4.78, 5) is 11.0. The van der Waals surface area contributed by atoms with Crippen molar-refractivity contribution in [3.8, 4) is 0 Å². The number of carboxylic acids is 1. The fraction of sp³-hybridized carbons (Fsp3) is 0.462. The molecule has 1 aromatic rings. The maximum atomic E-state index is 11.0. The van der Waals surface area contributed by atoms with Gasteiger partial charge < -0.3 is 9.84 Å². The van der Waals surface area contributed by atoms with Crippen molar-refractivity contribution in [2.75, 3.05) is 13.2 Å². The first-order valence-electron chi connectivity index (χ1n) is 5.59. The Morgan fingerprint density at radius 2 is 2.25 bits per heavy atom. The Kier molecular flexibility index (Phi) is 3.25. The van der Waals surface area contributed by atoms with Crippen LogP contribution in [0.2, 0.25) is 0 Å². The molecule has 0 bridgehead atoms. The molecule has 1 aromatic carbocycles. The first-order chi connectivity index (χ1) is 7.70. The third kappa shape index (κ3) is 2.09. The van der Waals surface area contributed by atoms with Crippen LogP contribution in [0.5, 0.6) is 0 Å². The van der Waals surface area contributed by atoms with E-state index in [0.717, 1.165) is 24.2 Å². The predicted octanol–water partition coefficient (Wildman–Crippen LogP) is 2.38. The minimum atomic E-state index is -0.772. The molecule has 1 aliphatic rings. The van der Waals surface area contributed by atoms with Crippen molar-refractivity contribution >= 4 is 5.97 Å². The maximum absolute atomic E-state index is 11.0. The molecule has 0 amide bonds. The minimum absolute atomic E-state index is 0.359. The minimum Gasteiger partial charge on any atom is -0.481 e. The molecular weight excluding hydrogens is 204 g/mol. The molecule has 1 fully saturated rings. The summed E-state index contributed by atoms with van der Waals surface area (Å²) in [6, 6.07) is 7.79. The number of aliphatic carboxylic acids is 1. The second-order valence-electron chi connectivity index (χ2n) is 4.25. The van der Waals surface area contributed by atoms with Gasteiger partial charge in [0.05, 0.1) is 12.5 Å². The largest absolute Gasteiger partial charge is 0.481 e. The van der Waals surface area contributed by atoms with Crippen LogP contribution < -0.4 is 0 Å². The summed E-state index contributed by atoms with van der Waals surface area (Å²) in [7, 11) is 0. The Balaban J connectivity index is 2.33. The monoisotopic (exact) mass is 220 g/mol. The Hall–Kier alpha value is -1.35.